The van der Waals surface area contributed by atoms with Crippen molar-refractivity contribution >= 4 is 5.87 Å². The summed E-state index contributed by atoms with van der Waals surface area (Å²) in [5.41, 5.74) is 1.13. The summed E-state index contributed by atoms with van der Waals surface area (Å²) < 4.78 is 0. The first-order valence-electron chi connectivity index (χ1n) is 2.43. The van der Waals surface area contributed by atoms with Crippen LogP contribution in [0.5, 0.6) is 0 Å². The molecular weight excluding hydrogens is 336 g/mol. The number of hydrogen-bond donors (Lipinski definition) is 0. The Balaban J connectivity index is 0.000000640. The number of rotatable bonds is 0. The van der Waals surface area contributed by atoms with Crippen LogP contribution in [0.4, 0.5) is 0 Å². The van der Waals surface area contributed by atoms with E-state index in [0.717, 1.165) is 5.57 Å². The van der Waals surface area contributed by atoms with Gasteiger partial charge in [0.2, 0.25) is 0 Å². The minimum absolute atomic E-state index is 0. The van der Waals surface area contributed by atoms with Crippen molar-refractivity contribution in [3.8, 4) is 0 Å². The van der Waals surface area contributed by atoms with Crippen LogP contribution < -0.4 is 0 Å². The third-order valence-corrected chi connectivity index (χ3v) is 0.827. The van der Waals surface area contributed by atoms with Crippen molar-refractivity contribution in [1.29, 1.82) is 0 Å². The molecule has 2 heteroatoms. The van der Waals surface area contributed by atoms with Crippen LogP contribution in [0.25, 0.3) is 0 Å². The molecule has 1 aliphatic rings. The average molecular weight is 342 g/mol. The van der Waals surface area contributed by atoms with Gasteiger partial charge < -0.3 is 0 Å². The summed E-state index contributed by atoms with van der Waals surface area (Å²) in [6.07, 6.45) is 8.20. The summed E-state index contributed by atoms with van der Waals surface area (Å²) in [5.74, 6) is 2.59. The predicted octanol–water partition coefficient (Wildman–Crippen LogP) is 1.49. The van der Waals surface area contributed by atoms with Crippen LogP contribution in [0.3, 0.4) is 0 Å². The van der Waals surface area contributed by atoms with E-state index < -0.39 is 0 Å². The quantitative estimate of drug-likeness (QED) is 0.592. The summed E-state index contributed by atoms with van der Waals surface area (Å²) in [5, 5.41) is 0. The van der Waals surface area contributed by atoms with Gasteiger partial charge >= 0.3 is 0 Å². The van der Waals surface area contributed by atoms with Crippen molar-refractivity contribution in [2.45, 2.75) is 6.92 Å². The second-order valence-electron chi connectivity index (χ2n) is 1.59. The van der Waals surface area contributed by atoms with E-state index in [0.29, 0.717) is 0 Å². The molecule has 1 nitrogen and oxygen atoms in total. The Morgan fingerprint density at radius 1 is 1.67 bits per heavy atom. The first-order chi connectivity index (χ1) is 3.89. The summed E-state index contributed by atoms with van der Waals surface area (Å²) in [6, 6.07) is 0. The van der Waals surface area contributed by atoms with E-state index in [2.05, 4.69) is 16.9 Å². The number of aliphatic imine (C=N–C) groups is 1. The van der Waals surface area contributed by atoms with Crippen molar-refractivity contribution in [3.05, 3.63) is 30.0 Å². The van der Waals surface area contributed by atoms with Gasteiger partial charge in [0.15, 0.2) is 0 Å². The van der Waals surface area contributed by atoms with Crippen molar-refractivity contribution < 1.29 is 31.1 Å². The van der Waals surface area contributed by atoms with Crippen LogP contribution in [-0.4, -0.2) is 5.87 Å². The molecule has 9 heavy (non-hydrogen) atoms. The predicted molar refractivity (Wildman–Crippen MR) is 33.6 cm³/mol. The molecule has 0 aromatic rings. The van der Waals surface area contributed by atoms with Crippen LogP contribution in [0.15, 0.2) is 28.9 Å². The fourth-order valence-electron chi connectivity index (χ4n) is 0.425. The van der Waals surface area contributed by atoms with Gasteiger partial charge in [-0.3, -0.25) is 0 Å². The maximum atomic E-state index is 3.77. The molecular formula is C7H6NU-. The smallest absolute Gasteiger partial charge is 0.0201 e. The van der Waals surface area contributed by atoms with E-state index in [9.17, 15) is 0 Å². The van der Waals surface area contributed by atoms with Crippen molar-refractivity contribution in [2.75, 3.05) is 0 Å². The van der Waals surface area contributed by atoms with Crippen LogP contribution in [0.1, 0.15) is 6.92 Å². The number of hydrogen-bond acceptors (Lipinski definition) is 1. The summed E-state index contributed by atoms with van der Waals surface area (Å²) in [6.45, 7) is 1.98. The summed E-state index contributed by atoms with van der Waals surface area (Å²) >= 11 is 0. The molecule has 0 aromatic carbocycles. The molecule has 0 N–H and O–H groups in total. The van der Waals surface area contributed by atoms with Crippen molar-refractivity contribution in [3.63, 3.8) is 0 Å². The zero-order valence-corrected chi connectivity index (χ0v) is 9.34. The summed E-state index contributed by atoms with van der Waals surface area (Å²) in [4.78, 5) is 3.77. The van der Waals surface area contributed by atoms with Crippen molar-refractivity contribution in [2.24, 2.45) is 4.99 Å². The largest absolute Gasteiger partial charge is 0.236 e. The van der Waals surface area contributed by atoms with E-state index in [1.54, 1.807) is 12.3 Å². The van der Waals surface area contributed by atoms with Crippen LogP contribution >= 0.6 is 0 Å². The molecule has 44 valence electrons. The Bertz CT molecular complexity index is 195. The Kier molecular flexibility index (Phi) is 4.81. The van der Waals surface area contributed by atoms with E-state index >= 15 is 0 Å². The summed E-state index contributed by atoms with van der Waals surface area (Å²) in [7, 11) is 0. The third-order valence-electron chi connectivity index (χ3n) is 0.827. The topological polar surface area (TPSA) is 12.4 Å². The molecule has 1 heterocycles. The Labute approximate surface area is 78.6 Å². The molecule has 0 atom stereocenters. The molecule has 0 saturated heterocycles. The standard InChI is InChI=1S/C7H6N.U/c1-7-4-2-3-5-8-6-7;/h2,4,6H,1H3;/q-1;. The zero-order chi connectivity index (χ0) is 5.82. The molecule has 0 aliphatic carbocycles. The monoisotopic (exact) mass is 342 g/mol. The Morgan fingerprint density at radius 2 is 2.44 bits per heavy atom. The second kappa shape index (κ2) is 4.82. The molecule has 1 rings (SSSR count). The van der Waals surface area contributed by atoms with Gasteiger partial charge in [0.1, 0.15) is 0 Å². The van der Waals surface area contributed by atoms with Gasteiger partial charge in [-0.2, -0.15) is 6.08 Å². The first kappa shape index (κ1) is 8.98. The van der Waals surface area contributed by atoms with Crippen molar-refractivity contribution in [1.82, 2.24) is 0 Å². The van der Waals surface area contributed by atoms with Gasteiger partial charge in [-0.05, 0) is 0 Å². The van der Waals surface area contributed by atoms with Gasteiger partial charge in [0.05, 0.1) is 0 Å². The molecule has 0 spiro atoms. The van der Waals surface area contributed by atoms with E-state index in [1.807, 2.05) is 13.0 Å². The fourth-order valence-corrected chi connectivity index (χ4v) is 0.425. The van der Waals surface area contributed by atoms with E-state index in [-0.39, 0.29) is 31.1 Å². The molecule has 0 unspecified atom stereocenters. The van der Waals surface area contributed by atoms with Gasteiger partial charge in [-0.25, -0.2) is 17.1 Å². The van der Waals surface area contributed by atoms with Gasteiger partial charge in [-0.1, -0.05) is 6.92 Å². The molecule has 0 bridgehead atoms. The second-order valence-corrected chi connectivity index (χ2v) is 1.59. The molecule has 0 fully saturated rings. The van der Waals surface area contributed by atoms with Gasteiger partial charge in [0, 0.05) is 37.3 Å². The zero-order valence-electron chi connectivity index (χ0n) is 5.18. The molecule has 1 aliphatic heterocycles. The SMILES string of the molecule is CC1=CN=C=[C-]C=C1.[U]. The normalized spacial score (nSPS) is 14.1. The van der Waals surface area contributed by atoms with Gasteiger partial charge in [-0.15, -0.1) is 11.4 Å². The minimum atomic E-state index is 0. The molecule has 0 saturated carbocycles. The third kappa shape index (κ3) is 3.54. The fraction of sp³-hybridized carbons (Fsp3) is 0.143. The van der Waals surface area contributed by atoms with Gasteiger partial charge in [0.25, 0.3) is 0 Å². The van der Waals surface area contributed by atoms with E-state index in [4.69, 9.17) is 0 Å². The Hall–Kier alpha value is -0.0181. The maximum Gasteiger partial charge on any atom is 0.0201 e. The van der Waals surface area contributed by atoms with Crippen LogP contribution in [-0.2, 0) is 0 Å². The van der Waals surface area contributed by atoms with Crippen LogP contribution in [0.2, 0.25) is 0 Å². The Morgan fingerprint density at radius 3 is 3.22 bits per heavy atom. The van der Waals surface area contributed by atoms with Crippen LogP contribution in [0, 0.1) is 37.2 Å². The minimum Gasteiger partial charge on any atom is -0.236 e. The molecule has 0 amide bonds. The number of nitrogens with zero attached hydrogens (tertiary/aromatic N) is 1. The average Bonchev–Trinajstić information content (AvgIpc) is 1.94. The van der Waals surface area contributed by atoms with E-state index in [1.165, 1.54) is 0 Å². The maximum absolute atomic E-state index is 3.77. The molecule has 0 radical (unpaired) electrons. The molecule has 0 aromatic heterocycles. The first-order valence-corrected chi connectivity index (χ1v) is 2.43. The number of allylic oxidation sites excluding steroid dienone is 4.